The van der Waals surface area contributed by atoms with Gasteiger partial charge in [0.05, 0.1) is 19.1 Å². The average molecular weight is 437 g/mol. The summed E-state index contributed by atoms with van der Waals surface area (Å²) in [6.45, 7) is 4.10. The van der Waals surface area contributed by atoms with Gasteiger partial charge in [-0.2, -0.15) is 11.8 Å². The SMILES string of the molecule is COc1cccc(N([C@H](C)C(=O)NCCSCc2ccc(C)cc2)S(C)(=O)=O)c1. The fraction of sp³-hybridized carbons (Fsp3) is 0.381. The molecule has 0 aliphatic carbocycles. The summed E-state index contributed by atoms with van der Waals surface area (Å²) in [7, 11) is -2.14. The summed E-state index contributed by atoms with van der Waals surface area (Å²) in [4.78, 5) is 12.6. The second-order valence-electron chi connectivity index (χ2n) is 6.77. The van der Waals surface area contributed by atoms with Crippen LogP contribution in [0.4, 0.5) is 5.69 Å². The van der Waals surface area contributed by atoms with Crippen LogP contribution in [0.1, 0.15) is 18.1 Å². The molecule has 0 aliphatic rings. The predicted molar refractivity (Wildman–Crippen MR) is 120 cm³/mol. The molecule has 0 saturated heterocycles. The van der Waals surface area contributed by atoms with Crippen molar-refractivity contribution in [1.29, 1.82) is 0 Å². The van der Waals surface area contributed by atoms with Gasteiger partial charge in [0.15, 0.2) is 0 Å². The predicted octanol–water partition coefficient (Wildman–Crippen LogP) is 3.21. The molecule has 2 aromatic carbocycles. The highest BCUT2D eigenvalue weighted by Crippen LogP contribution is 2.25. The number of anilines is 1. The van der Waals surface area contributed by atoms with Gasteiger partial charge >= 0.3 is 0 Å². The second-order valence-corrected chi connectivity index (χ2v) is 9.73. The number of methoxy groups -OCH3 is 1. The van der Waals surface area contributed by atoms with Crippen LogP contribution >= 0.6 is 11.8 Å². The summed E-state index contributed by atoms with van der Waals surface area (Å²) in [5.41, 5.74) is 2.86. The topological polar surface area (TPSA) is 75.7 Å². The van der Waals surface area contributed by atoms with Crippen molar-refractivity contribution in [1.82, 2.24) is 5.32 Å². The van der Waals surface area contributed by atoms with Crippen molar-refractivity contribution in [2.45, 2.75) is 25.6 Å². The fourth-order valence-corrected chi connectivity index (χ4v) is 4.81. The summed E-state index contributed by atoms with van der Waals surface area (Å²) in [6, 6.07) is 14.1. The molecule has 2 aromatic rings. The fourth-order valence-electron chi connectivity index (χ4n) is 2.82. The maximum Gasteiger partial charge on any atom is 0.243 e. The maximum atomic E-state index is 12.6. The second kappa shape index (κ2) is 10.5. The van der Waals surface area contributed by atoms with Crippen molar-refractivity contribution in [3.63, 3.8) is 0 Å². The van der Waals surface area contributed by atoms with E-state index in [0.29, 0.717) is 18.0 Å². The maximum absolute atomic E-state index is 12.6. The number of hydrogen-bond acceptors (Lipinski definition) is 5. The van der Waals surface area contributed by atoms with E-state index in [1.54, 1.807) is 43.0 Å². The van der Waals surface area contributed by atoms with E-state index in [1.807, 2.05) is 0 Å². The molecular weight excluding hydrogens is 408 g/mol. The Labute approximate surface area is 177 Å². The van der Waals surface area contributed by atoms with Crippen LogP contribution in [-0.4, -0.2) is 46.0 Å². The Bertz CT molecular complexity index is 915. The van der Waals surface area contributed by atoms with E-state index < -0.39 is 16.1 Å². The first-order chi connectivity index (χ1) is 13.7. The van der Waals surface area contributed by atoms with Gasteiger partial charge in [-0.05, 0) is 31.5 Å². The third-order valence-electron chi connectivity index (χ3n) is 4.33. The molecule has 0 heterocycles. The number of carbonyl (C=O) groups excluding carboxylic acids is 1. The van der Waals surface area contributed by atoms with Crippen LogP contribution in [0.25, 0.3) is 0 Å². The zero-order valence-corrected chi connectivity index (χ0v) is 18.8. The molecule has 6 nitrogen and oxygen atoms in total. The Morgan fingerprint density at radius 2 is 1.90 bits per heavy atom. The Hall–Kier alpha value is -2.19. The third-order valence-corrected chi connectivity index (χ3v) is 6.60. The number of hydrogen-bond donors (Lipinski definition) is 1. The molecule has 0 spiro atoms. The number of sulfonamides is 1. The van der Waals surface area contributed by atoms with Crippen LogP contribution in [0, 0.1) is 6.92 Å². The number of aryl methyl sites for hydroxylation is 1. The molecular formula is C21H28N2O4S2. The van der Waals surface area contributed by atoms with Crippen LogP contribution in [0.5, 0.6) is 5.75 Å². The minimum Gasteiger partial charge on any atom is -0.497 e. The first kappa shape index (κ1) is 23.1. The van der Waals surface area contributed by atoms with Gasteiger partial charge in [0.25, 0.3) is 0 Å². The Balaban J connectivity index is 1.92. The number of amides is 1. The number of nitrogens with one attached hydrogen (secondary N) is 1. The first-order valence-corrected chi connectivity index (χ1v) is 12.3. The highest BCUT2D eigenvalue weighted by Gasteiger charge is 2.29. The summed E-state index contributed by atoms with van der Waals surface area (Å²) >= 11 is 1.72. The van der Waals surface area contributed by atoms with E-state index in [-0.39, 0.29) is 5.91 Å². The molecule has 0 radical (unpaired) electrons. The molecule has 0 saturated carbocycles. The van der Waals surface area contributed by atoms with Gasteiger partial charge in [-0.25, -0.2) is 8.42 Å². The number of carbonyl (C=O) groups is 1. The summed E-state index contributed by atoms with van der Waals surface area (Å²) < 4.78 is 31.0. The molecule has 1 N–H and O–H groups in total. The standard InChI is InChI=1S/C21H28N2O4S2/c1-16-8-10-18(11-9-16)15-28-13-12-22-21(24)17(2)23(29(4,25)26)19-6-5-7-20(14-19)27-3/h5-11,14,17H,12-13,15H2,1-4H3,(H,22,24)/t17-/m1/s1. The van der Waals surface area contributed by atoms with Crippen molar-refractivity contribution in [3.05, 3.63) is 59.7 Å². The molecule has 158 valence electrons. The van der Waals surface area contributed by atoms with Crippen LogP contribution < -0.4 is 14.4 Å². The Kier molecular flexibility index (Phi) is 8.40. The highest BCUT2D eigenvalue weighted by molar-refractivity contribution is 7.98. The molecule has 0 bridgehead atoms. The summed E-state index contributed by atoms with van der Waals surface area (Å²) in [5.74, 6) is 1.79. The lowest BCUT2D eigenvalue weighted by Gasteiger charge is -2.28. The minimum absolute atomic E-state index is 0.339. The number of rotatable bonds is 10. The van der Waals surface area contributed by atoms with Gasteiger partial charge < -0.3 is 10.1 Å². The highest BCUT2D eigenvalue weighted by atomic mass is 32.2. The van der Waals surface area contributed by atoms with Crippen LogP contribution in [0.3, 0.4) is 0 Å². The van der Waals surface area contributed by atoms with Crippen molar-refractivity contribution in [2.75, 3.05) is 30.0 Å². The van der Waals surface area contributed by atoms with Gasteiger partial charge in [0.1, 0.15) is 11.8 Å². The van der Waals surface area contributed by atoms with Crippen LogP contribution in [0.15, 0.2) is 48.5 Å². The normalized spacial score (nSPS) is 12.3. The average Bonchev–Trinajstić information content (AvgIpc) is 2.68. The molecule has 0 fully saturated rings. The lowest BCUT2D eigenvalue weighted by atomic mass is 10.2. The molecule has 29 heavy (non-hydrogen) atoms. The van der Waals surface area contributed by atoms with E-state index >= 15 is 0 Å². The van der Waals surface area contributed by atoms with Gasteiger partial charge in [0.2, 0.25) is 15.9 Å². The summed E-state index contributed by atoms with van der Waals surface area (Å²) in [6.07, 6.45) is 1.09. The van der Waals surface area contributed by atoms with Crippen LogP contribution in [0.2, 0.25) is 0 Å². The summed E-state index contributed by atoms with van der Waals surface area (Å²) in [5, 5.41) is 2.83. The van der Waals surface area contributed by atoms with E-state index in [0.717, 1.165) is 22.1 Å². The lowest BCUT2D eigenvalue weighted by Crippen LogP contribution is -2.48. The monoisotopic (exact) mass is 436 g/mol. The zero-order chi connectivity index (χ0) is 21.4. The van der Waals surface area contributed by atoms with Crippen molar-refractivity contribution in [3.8, 4) is 5.75 Å². The Morgan fingerprint density at radius 1 is 1.21 bits per heavy atom. The van der Waals surface area contributed by atoms with Gasteiger partial charge in [-0.3, -0.25) is 9.10 Å². The largest absolute Gasteiger partial charge is 0.497 e. The molecule has 1 amide bonds. The zero-order valence-electron chi connectivity index (χ0n) is 17.2. The molecule has 0 aliphatic heterocycles. The molecule has 8 heteroatoms. The van der Waals surface area contributed by atoms with Crippen molar-refractivity contribution >= 4 is 33.4 Å². The van der Waals surface area contributed by atoms with Crippen molar-refractivity contribution < 1.29 is 17.9 Å². The minimum atomic E-state index is -3.65. The molecule has 0 aromatic heterocycles. The Morgan fingerprint density at radius 3 is 2.52 bits per heavy atom. The first-order valence-electron chi connectivity index (χ1n) is 9.27. The van der Waals surface area contributed by atoms with E-state index in [4.69, 9.17) is 4.74 Å². The molecule has 2 rings (SSSR count). The quantitative estimate of drug-likeness (QED) is 0.579. The van der Waals surface area contributed by atoms with Crippen molar-refractivity contribution in [2.24, 2.45) is 0 Å². The smallest absolute Gasteiger partial charge is 0.243 e. The van der Waals surface area contributed by atoms with Crippen LogP contribution in [-0.2, 0) is 20.6 Å². The third kappa shape index (κ3) is 6.97. The van der Waals surface area contributed by atoms with E-state index in [1.165, 1.54) is 18.2 Å². The van der Waals surface area contributed by atoms with E-state index in [9.17, 15) is 13.2 Å². The number of nitrogens with zero attached hydrogens (tertiary/aromatic N) is 1. The molecule has 1 atom stereocenters. The number of thioether (sulfide) groups is 1. The number of benzene rings is 2. The van der Waals surface area contributed by atoms with E-state index in [2.05, 4.69) is 36.5 Å². The number of ether oxygens (including phenoxy) is 1. The van der Waals surface area contributed by atoms with Gasteiger partial charge in [-0.15, -0.1) is 0 Å². The van der Waals surface area contributed by atoms with Gasteiger partial charge in [-0.1, -0.05) is 35.9 Å². The lowest BCUT2D eigenvalue weighted by molar-refractivity contribution is -0.121. The molecule has 0 unspecified atom stereocenters. The van der Waals surface area contributed by atoms with Gasteiger partial charge in [0, 0.05) is 24.1 Å².